The standard InChI is InChI=1S/C18H13Cl3N4O2S/c19-12-2-1-3-15(9-12)27-10-16-22-23-18-25(16)24(4-5-28-18)17(26)11-6-13(20)8-14(21)7-11/h1-3,6-9H,4-5,10H2. The van der Waals surface area contributed by atoms with Crippen molar-refractivity contribution >= 4 is 52.5 Å². The van der Waals surface area contributed by atoms with E-state index in [2.05, 4.69) is 10.2 Å². The van der Waals surface area contributed by atoms with E-state index in [9.17, 15) is 4.79 Å². The van der Waals surface area contributed by atoms with Crippen LogP contribution in [-0.2, 0) is 6.61 Å². The molecule has 1 aliphatic heterocycles. The van der Waals surface area contributed by atoms with Gasteiger partial charge in [0.2, 0.25) is 5.16 Å². The molecule has 6 nitrogen and oxygen atoms in total. The van der Waals surface area contributed by atoms with Gasteiger partial charge < -0.3 is 4.74 Å². The van der Waals surface area contributed by atoms with Crippen LogP contribution in [0.4, 0.5) is 0 Å². The van der Waals surface area contributed by atoms with Crippen molar-refractivity contribution in [2.75, 3.05) is 17.3 Å². The lowest BCUT2D eigenvalue weighted by molar-refractivity contribution is 0.0953. The Morgan fingerprint density at radius 2 is 1.86 bits per heavy atom. The number of benzene rings is 2. The maximum absolute atomic E-state index is 13.1. The van der Waals surface area contributed by atoms with Gasteiger partial charge in [-0.05, 0) is 36.4 Å². The van der Waals surface area contributed by atoms with Gasteiger partial charge in [0.15, 0.2) is 5.82 Å². The maximum Gasteiger partial charge on any atom is 0.272 e. The average molecular weight is 456 g/mol. The molecule has 1 amide bonds. The molecule has 0 fully saturated rings. The molecule has 0 atom stereocenters. The van der Waals surface area contributed by atoms with Crippen molar-refractivity contribution in [1.82, 2.24) is 14.9 Å². The van der Waals surface area contributed by atoms with Crippen LogP contribution in [0.2, 0.25) is 15.1 Å². The summed E-state index contributed by atoms with van der Waals surface area (Å²) in [6.07, 6.45) is 0. The van der Waals surface area contributed by atoms with Crippen molar-refractivity contribution in [1.29, 1.82) is 0 Å². The number of fused-ring (bicyclic) bond motifs is 1. The van der Waals surface area contributed by atoms with E-state index in [-0.39, 0.29) is 12.5 Å². The number of rotatable bonds is 4. The minimum atomic E-state index is -0.241. The summed E-state index contributed by atoms with van der Waals surface area (Å²) in [7, 11) is 0. The Labute approximate surface area is 180 Å². The number of carbonyl (C=O) groups is 1. The van der Waals surface area contributed by atoms with Crippen molar-refractivity contribution in [2.24, 2.45) is 0 Å². The minimum absolute atomic E-state index is 0.133. The van der Waals surface area contributed by atoms with E-state index in [1.807, 2.05) is 0 Å². The van der Waals surface area contributed by atoms with Gasteiger partial charge in [0.25, 0.3) is 5.91 Å². The van der Waals surface area contributed by atoms with Gasteiger partial charge in [0, 0.05) is 26.4 Å². The predicted molar refractivity (Wildman–Crippen MR) is 110 cm³/mol. The second kappa shape index (κ2) is 8.21. The number of aromatic nitrogens is 3. The first-order chi connectivity index (χ1) is 13.5. The lowest BCUT2D eigenvalue weighted by Gasteiger charge is -2.29. The Kier molecular flexibility index (Phi) is 5.68. The van der Waals surface area contributed by atoms with Crippen LogP contribution in [0.15, 0.2) is 47.6 Å². The highest BCUT2D eigenvalue weighted by molar-refractivity contribution is 7.99. The first kappa shape index (κ1) is 19.4. The lowest BCUT2D eigenvalue weighted by atomic mass is 10.2. The molecule has 0 bridgehead atoms. The summed E-state index contributed by atoms with van der Waals surface area (Å²) in [6, 6.07) is 11.8. The molecule has 0 aliphatic carbocycles. The number of ether oxygens (including phenoxy) is 1. The average Bonchev–Trinajstić information content (AvgIpc) is 3.08. The first-order valence-electron chi connectivity index (χ1n) is 8.25. The number of hydrogen-bond donors (Lipinski definition) is 0. The quantitative estimate of drug-likeness (QED) is 0.570. The molecule has 1 aliphatic rings. The van der Waals surface area contributed by atoms with Crippen molar-refractivity contribution in [3.63, 3.8) is 0 Å². The van der Waals surface area contributed by atoms with E-state index < -0.39 is 0 Å². The monoisotopic (exact) mass is 454 g/mol. The van der Waals surface area contributed by atoms with Crippen molar-refractivity contribution in [3.8, 4) is 5.75 Å². The van der Waals surface area contributed by atoms with Crippen molar-refractivity contribution < 1.29 is 9.53 Å². The largest absolute Gasteiger partial charge is 0.485 e. The molecule has 28 heavy (non-hydrogen) atoms. The number of carbonyl (C=O) groups excluding carboxylic acids is 1. The summed E-state index contributed by atoms with van der Waals surface area (Å²) in [4.78, 5) is 13.1. The van der Waals surface area contributed by atoms with Crippen LogP contribution in [0.3, 0.4) is 0 Å². The lowest BCUT2D eigenvalue weighted by Crippen LogP contribution is -2.45. The number of nitrogens with zero attached hydrogens (tertiary/aromatic N) is 4. The number of thioether (sulfide) groups is 1. The molecule has 0 unspecified atom stereocenters. The Morgan fingerprint density at radius 3 is 2.61 bits per heavy atom. The van der Waals surface area contributed by atoms with E-state index in [0.717, 1.165) is 0 Å². The predicted octanol–water partition coefficient (Wildman–Crippen LogP) is 4.70. The summed E-state index contributed by atoms with van der Waals surface area (Å²) in [6.45, 7) is 0.622. The zero-order valence-corrected chi connectivity index (χ0v) is 17.4. The smallest absolute Gasteiger partial charge is 0.272 e. The highest BCUT2D eigenvalue weighted by Gasteiger charge is 2.28. The number of halogens is 3. The third-order valence-electron chi connectivity index (χ3n) is 3.96. The summed E-state index contributed by atoms with van der Waals surface area (Å²) < 4.78 is 7.45. The van der Waals surface area contributed by atoms with Gasteiger partial charge in [0.1, 0.15) is 12.4 Å². The van der Waals surface area contributed by atoms with Gasteiger partial charge in [-0.25, -0.2) is 9.69 Å². The Morgan fingerprint density at radius 1 is 1.07 bits per heavy atom. The van der Waals surface area contributed by atoms with Crippen molar-refractivity contribution in [2.45, 2.75) is 11.8 Å². The van der Waals surface area contributed by atoms with E-state index >= 15 is 0 Å². The van der Waals surface area contributed by atoms with Crippen LogP contribution in [0.1, 0.15) is 16.2 Å². The summed E-state index contributed by atoms with van der Waals surface area (Å²) >= 11 is 19.6. The van der Waals surface area contributed by atoms with Crippen molar-refractivity contribution in [3.05, 3.63) is 68.9 Å². The fourth-order valence-electron chi connectivity index (χ4n) is 2.77. The molecule has 144 valence electrons. The fourth-order valence-corrected chi connectivity index (χ4v) is 4.34. The van der Waals surface area contributed by atoms with Crippen LogP contribution in [-0.4, -0.2) is 33.1 Å². The van der Waals surface area contributed by atoms with Crippen LogP contribution in [0.5, 0.6) is 5.75 Å². The first-order valence-corrected chi connectivity index (χ1v) is 10.4. The molecule has 10 heteroatoms. The maximum atomic E-state index is 13.1. The SMILES string of the molecule is O=C(c1cc(Cl)cc(Cl)c1)N1CCSc2nnc(COc3cccc(Cl)c3)n21. The van der Waals surface area contributed by atoms with E-state index in [4.69, 9.17) is 39.5 Å². The van der Waals surface area contributed by atoms with Crippen LogP contribution in [0.25, 0.3) is 0 Å². The van der Waals surface area contributed by atoms with Crippen LogP contribution < -0.4 is 9.75 Å². The Bertz CT molecular complexity index is 1020. The van der Waals surface area contributed by atoms with Gasteiger partial charge in [-0.1, -0.05) is 52.6 Å². The summed E-state index contributed by atoms with van der Waals surface area (Å²) in [5.74, 6) is 1.57. The zero-order chi connectivity index (χ0) is 19.7. The van der Waals surface area contributed by atoms with Gasteiger partial charge in [-0.2, -0.15) is 0 Å². The Balaban J connectivity index is 1.61. The molecule has 0 radical (unpaired) electrons. The minimum Gasteiger partial charge on any atom is -0.485 e. The van der Waals surface area contributed by atoms with Crippen LogP contribution in [0, 0.1) is 0 Å². The van der Waals surface area contributed by atoms with Crippen LogP contribution >= 0.6 is 46.6 Å². The van der Waals surface area contributed by atoms with Gasteiger partial charge >= 0.3 is 0 Å². The molecule has 3 aromatic rings. The van der Waals surface area contributed by atoms with Gasteiger partial charge in [-0.15, -0.1) is 10.2 Å². The molecule has 0 spiro atoms. The zero-order valence-electron chi connectivity index (χ0n) is 14.3. The fraction of sp³-hybridized carbons (Fsp3) is 0.167. The molecule has 0 N–H and O–H groups in total. The van der Waals surface area contributed by atoms with E-state index in [0.29, 0.717) is 49.7 Å². The van der Waals surface area contributed by atoms with E-state index in [1.165, 1.54) is 11.8 Å². The second-order valence-electron chi connectivity index (χ2n) is 5.89. The van der Waals surface area contributed by atoms with Gasteiger partial charge in [0.05, 0.1) is 6.54 Å². The second-order valence-corrected chi connectivity index (χ2v) is 8.26. The molecule has 4 rings (SSSR count). The molecular formula is C18H13Cl3N4O2S. The molecule has 0 saturated carbocycles. The molecule has 0 saturated heterocycles. The van der Waals surface area contributed by atoms with Gasteiger partial charge in [-0.3, -0.25) is 4.79 Å². The topological polar surface area (TPSA) is 60.3 Å². The third kappa shape index (κ3) is 4.07. The number of amides is 1. The molecule has 2 heterocycles. The normalized spacial score (nSPS) is 13.3. The third-order valence-corrected chi connectivity index (χ3v) is 5.53. The molecular weight excluding hydrogens is 443 g/mol. The Hall–Kier alpha value is -1.93. The van der Waals surface area contributed by atoms with E-state index in [1.54, 1.807) is 52.1 Å². The summed E-state index contributed by atoms with van der Waals surface area (Å²) in [5.41, 5.74) is 0.394. The highest BCUT2D eigenvalue weighted by atomic mass is 35.5. The highest BCUT2D eigenvalue weighted by Crippen LogP contribution is 2.26. The molecule has 2 aromatic carbocycles. The number of hydrogen-bond acceptors (Lipinski definition) is 5. The molecule has 1 aromatic heterocycles. The summed E-state index contributed by atoms with van der Waals surface area (Å²) in [5, 5.41) is 11.9.